The van der Waals surface area contributed by atoms with E-state index in [-0.39, 0.29) is 11.9 Å². The number of nitrogen functional groups attached to an aromatic ring is 1. The minimum atomic E-state index is -0.652. The lowest BCUT2D eigenvalue weighted by Gasteiger charge is -2.42. The van der Waals surface area contributed by atoms with Gasteiger partial charge in [-0.25, -0.2) is 0 Å². The molecule has 1 fully saturated rings. The van der Waals surface area contributed by atoms with E-state index in [9.17, 15) is 4.79 Å². The number of hydrogen-bond donors (Lipinski definition) is 3. The molecular weight excluding hydrogens is 256 g/mol. The quantitative estimate of drug-likeness (QED) is 0.746. The van der Waals surface area contributed by atoms with E-state index >= 15 is 0 Å². The first-order valence-corrected chi connectivity index (χ1v) is 6.89. The second-order valence-corrected chi connectivity index (χ2v) is 5.36. The zero-order valence-corrected chi connectivity index (χ0v) is 12.2. The molecule has 7 heteroatoms. The van der Waals surface area contributed by atoms with Gasteiger partial charge in [0.25, 0.3) is 0 Å². The monoisotopic (exact) mass is 278 g/mol. The SMILES string of the molecule is CCCNc1cc(N2CCNC(=O)C2(C)C)nc(N)n1. The summed E-state index contributed by atoms with van der Waals surface area (Å²) in [4.78, 5) is 22.4. The maximum atomic E-state index is 12.0. The summed E-state index contributed by atoms with van der Waals surface area (Å²) >= 11 is 0. The summed E-state index contributed by atoms with van der Waals surface area (Å²) in [6.45, 7) is 7.94. The summed E-state index contributed by atoms with van der Waals surface area (Å²) in [6.07, 6.45) is 0.997. The Morgan fingerprint density at radius 2 is 2.25 bits per heavy atom. The highest BCUT2D eigenvalue weighted by molar-refractivity contribution is 5.90. The average molecular weight is 278 g/mol. The van der Waals surface area contributed by atoms with Crippen LogP contribution in [0.15, 0.2) is 6.07 Å². The lowest BCUT2D eigenvalue weighted by molar-refractivity contribution is -0.126. The van der Waals surface area contributed by atoms with E-state index in [2.05, 4.69) is 27.5 Å². The fraction of sp³-hybridized carbons (Fsp3) is 0.615. The molecule has 1 aromatic rings. The second kappa shape index (κ2) is 5.52. The highest BCUT2D eigenvalue weighted by atomic mass is 16.2. The molecule has 1 aliphatic heterocycles. The normalized spacial score (nSPS) is 17.8. The molecule has 2 rings (SSSR count). The van der Waals surface area contributed by atoms with E-state index in [0.717, 1.165) is 13.0 Å². The smallest absolute Gasteiger partial charge is 0.245 e. The van der Waals surface area contributed by atoms with E-state index < -0.39 is 5.54 Å². The zero-order chi connectivity index (χ0) is 14.8. The molecule has 1 aliphatic rings. The second-order valence-electron chi connectivity index (χ2n) is 5.36. The number of anilines is 3. The molecule has 1 saturated heterocycles. The van der Waals surface area contributed by atoms with Crippen LogP contribution in [0.1, 0.15) is 27.2 Å². The summed E-state index contributed by atoms with van der Waals surface area (Å²) in [5.74, 6) is 1.57. The van der Waals surface area contributed by atoms with Gasteiger partial charge in [-0.1, -0.05) is 6.92 Å². The maximum absolute atomic E-state index is 12.0. The Bertz CT molecular complexity index is 502. The van der Waals surface area contributed by atoms with Crippen molar-refractivity contribution in [2.75, 3.05) is 35.6 Å². The predicted molar refractivity (Wildman–Crippen MR) is 79.7 cm³/mol. The standard InChI is InChI=1S/C13H22N6O/c1-4-5-15-9-8-10(18-12(14)17-9)19-7-6-16-11(20)13(19,2)3/h8H,4-7H2,1-3H3,(H,16,20)(H3,14,15,17,18). The molecule has 110 valence electrons. The van der Waals surface area contributed by atoms with Crippen LogP contribution in [-0.2, 0) is 4.79 Å². The number of nitrogens with two attached hydrogens (primary N) is 1. The molecule has 1 aromatic heterocycles. The summed E-state index contributed by atoms with van der Waals surface area (Å²) < 4.78 is 0. The minimum absolute atomic E-state index is 0.0102. The Balaban J connectivity index is 2.31. The Morgan fingerprint density at radius 1 is 1.50 bits per heavy atom. The molecule has 2 heterocycles. The first-order chi connectivity index (χ1) is 9.45. The molecule has 0 atom stereocenters. The third-order valence-electron chi connectivity index (χ3n) is 3.41. The summed E-state index contributed by atoms with van der Waals surface area (Å²) in [6, 6.07) is 1.84. The fourth-order valence-corrected chi connectivity index (χ4v) is 2.24. The van der Waals surface area contributed by atoms with Crippen LogP contribution >= 0.6 is 0 Å². The number of rotatable bonds is 4. The first-order valence-electron chi connectivity index (χ1n) is 6.89. The number of aromatic nitrogens is 2. The topological polar surface area (TPSA) is 96.2 Å². The Labute approximate surface area is 119 Å². The number of amides is 1. The van der Waals surface area contributed by atoms with Gasteiger partial charge in [-0.05, 0) is 20.3 Å². The molecule has 0 bridgehead atoms. The van der Waals surface area contributed by atoms with Gasteiger partial charge < -0.3 is 21.3 Å². The third kappa shape index (κ3) is 2.76. The van der Waals surface area contributed by atoms with Crippen LogP contribution in [0.25, 0.3) is 0 Å². The van der Waals surface area contributed by atoms with Crippen molar-refractivity contribution in [3.8, 4) is 0 Å². The number of nitrogens with zero attached hydrogens (tertiary/aromatic N) is 3. The maximum Gasteiger partial charge on any atom is 0.245 e. The van der Waals surface area contributed by atoms with Crippen molar-refractivity contribution in [3.63, 3.8) is 0 Å². The van der Waals surface area contributed by atoms with E-state index in [1.54, 1.807) is 0 Å². The van der Waals surface area contributed by atoms with Crippen LogP contribution in [0.4, 0.5) is 17.6 Å². The molecule has 7 nitrogen and oxygen atoms in total. The molecule has 20 heavy (non-hydrogen) atoms. The van der Waals surface area contributed by atoms with Gasteiger partial charge in [0.05, 0.1) is 0 Å². The highest BCUT2D eigenvalue weighted by Gasteiger charge is 2.38. The molecule has 0 radical (unpaired) electrons. The Morgan fingerprint density at radius 3 is 2.95 bits per heavy atom. The molecule has 0 spiro atoms. The van der Waals surface area contributed by atoms with Crippen molar-refractivity contribution >= 4 is 23.5 Å². The van der Waals surface area contributed by atoms with E-state index in [0.29, 0.717) is 24.7 Å². The minimum Gasteiger partial charge on any atom is -0.370 e. The average Bonchev–Trinajstić information content (AvgIpc) is 2.39. The largest absolute Gasteiger partial charge is 0.370 e. The van der Waals surface area contributed by atoms with Gasteiger partial charge in [-0.15, -0.1) is 0 Å². The van der Waals surface area contributed by atoms with Gasteiger partial charge in [0.15, 0.2) is 0 Å². The van der Waals surface area contributed by atoms with Crippen LogP contribution in [0, 0.1) is 0 Å². The molecule has 0 aliphatic carbocycles. The van der Waals surface area contributed by atoms with Crippen molar-refractivity contribution in [3.05, 3.63) is 6.07 Å². The van der Waals surface area contributed by atoms with Crippen molar-refractivity contribution in [2.24, 2.45) is 0 Å². The number of carbonyl (C=O) groups is 1. The zero-order valence-electron chi connectivity index (χ0n) is 12.2. The molecule has 4 N–H and O–H groups in total. The van der Waals surface area contributed by atoms with Gasteiger partial charge in [0, 0.05) is 25.7 Å². The van der Waals surface area contributed by atoms with E-state index in [1.165, 1.54) is 0 Å². The lowest BCUT2D eigenvalue weighted by atomic mass is 9.99. The molecule has 1 amide bonds. The van der Waals surface area contributed by atoms with E-state index in [1.807, 2.05) is 24.8 Å². The number of carbonyl (C=O) groups excluding carboxylic acids is 1. The fourth-order valence-electron chi connectivity index (χ4n) is 2.24. The third-order valence-corrected chi connectivity index (χ3v) is 3.41. The van der Waals surface area contributed by atoms with Crippen LogP contribution in [0.3, 0.4) is 0 Å². The van der Waals surface area contributed by atoms with E-state index in [4.69, 9.17) is 5.73 Å². The predicted octanol–water partition coefficient (Wildman–Crippen LogP) is 0.595. The summed E-state index contributed by atoms with van der Waals surface area (Å²) in [5, 5.41) is 6.06. The number of nitrogens with one attached hydrogen (secondary N) is 2. The van der Waals surface area contributed by atoms with Gasteiger partial charge >= 0.3 is 0 Å². The Kier molecular flexibility index (Phi) is 3.96. The lowest BCUT2D eigenvalue weighted by Crippen LogP contribution is -2.62. The highest BCUT2D eigenvalue weighted by Crippen LogP contribution is 2.26. The molecule has 0 unspecified atom stereocenters. The van der Waals surface area contributed by atoms with Gasteiger partial charge in [0.1, 0.15) is 17.2 Å². The molecule has 0 aromatic carbocycles. The van der Waals surface area contributed by atoms with Crippen molar-refractivity contribution in [2.45, 2.75) is 32.7 Å². The molecular formula is C13H22N6O. The summed E-state index contributed by atoms with van der Waals surface area (Å²) in [7, 11) is 0. The van der Waals surface area contributed by atoms with Gasteiger partial charge in [0.2, 0.25) is 11.9 Å². The van der Waals surface area contributed by atoms with Gasteiger partial charge in [-0.2, -0.15) is 9.97 Å². The van der Waals surface area contributed by atoms with Crippen molar-refractivity contribution in [1.29, 1.82) is 0 Å². The molecule has 0 saturated carbocycles. The van der Waals surface area contributed by atoms with Crippen molar-refractivity contribution < 1.29 is 4.79 Å². The van der Waals surface area contributed by atoms with Crippen LogP contribution in [0.5, 0.6) is 0 Å². The van der Waals surface area contributed by atoms with Crippen LogP contribution in [0.2, 0.25) is 0 Å². The Hall–Kier alpha value is -2.05. The van der Waals surface area contributed by atoms with Crippen LogP contribution < -0.4 is 21.3 Å². The van der Waals surface area contributed by atoms with Crippen molar-refractivity contribution in [1.82, 2.24) is 15.3 Å². The number of hydrogen-bond acceptors (Lipinski definition) is 6. The number of piperazine rings is 1. The van der Waals surface area contributed by atoms with Gasteiger partial charge in [-0.3, -0.25) is 4.79 Å². The summed E-state index contributed by atoms with van der Waals surface area (Å²) in [5.41, 5.74) is 5.12. The first kappa shape index (κ1) is 14.4. The van der Waals surface area contributed by atoms with Crippen LogP contribution in [-0.4, -0.2) is 41.0 Å².